The Balaban J connectivity index is -0.000000245. The van der Waals surface area contributed by atoms with Crippen molar-refractivity contribution in [2.24, 2.45) is 0 Å². The van der Waals surface area contributed by atoms with Crippen LogP contribution in [0.2, 0.25) is 0 Å². The third-order valence-corrected chi connectivity index (χ3v) is 0.970. The summed E-state index contributed by atoms with van der Waals surface area (Å²) >= 11 is 0. The van der Waals surface area contributed by atoms with Crippen molar-refractivity contribution in [3.05, 3.63) is 0 Å². The Bertz CT molecular complexity index is 53.0. The van der Waals surface area contributed by atoms with E-state index < -0.39 is 0 Å². The lowest BCUT2D eigenvalue weighted by atomic mass is 10.3. The minimum atomic E-state index is -0.346. The van der Waals surface area contributed by atoms with Gasteiger partial charge in [0.25, 0.3) is 0 Å². The Morgan fingerprint density at radius 2 is 1.90 bits per heavy atom. The van der Waals surface area contributed by atoms with Crippen molar-refractivity contribution in [1.82, 2.24) is 5.32 Å². The smallest absolute Gasteiger partial charge is 0.102 e. The van der Waals surface area contributed by atoms with Crippen molar-refractivity contribution in [2.45, 2.75) is 32.9 Å². The Kier molecular flexibility index (Phi) is 20.6. The van der Waals surface area contributed by atoms with Crippen LogP contribution in [0.5, 0.6) is 0 Å². The maximum Gasteiger partial charge on any atom is 0.102 e. The molecule has 1 unspecified atom stereocenters. The largest absolute Gasteiger partial charge is 0.379 e. The van der Waals surface area contributed by atoms with Crippen LogP contribution in [0.4, 0.5) is 0 Å². The lowest BCUT2D eigenvalue weighted by molar-refractivity contribution is 0.156. The van der Waals surface area contributed by atoms with Gasteiger partial charge >= 0.3 is 0 Å². The molecular weight excluding hydrogens is 173 g/mol. The molecular formula is C6H17Cl2NO. The van der Waals surface area contributed by atoms with E-state index in [1.165, 1.54) is 6.42 Å². The van der Waals surface area contributed by atoms with Crippen LogP contribution in [0.25, 0.3) is 0 Å². The van der Waals surface area contributed by atoms with Gasteiger partial charge in [-0.15, -0.1) is 24.8 Å². The maximum absolute atomic E-state index is 8.67. The summed E-state index contributed by atoms with van der Waals surface area (Å²) in [6.07, 6.45) is 1.98. The minimum absolute atomic E-state index is 0. The van der Waals surface area contributed by atoms with Gasteiger partial charge in [0.05, 0.1) is 0 Å². The fourth-order valence-electron chi connectivity index (χ4n) is 0.488. The van der Waals surface area contributed by atoms with Crippen molar-refractivity contribution in [2.75, 3.05) is 6.54 Å². The van der Waals surface area contributed by atoms with Crippen LogP contribution in [0.3, 0.4) is 0 Å². The third kappa shape index (κ3) is 15.8. The molecule has 0 aromatic rings. The maximum atomic E-state index is 8.67. The first kappa shape index (κ1) is 16.8. The predicted molar refractivity (Wildman–Crippen MR) is 49.1 cm³/mol. The number of halogens is 2. The molecule has 0 spiro atoms. The van der Waals surface area contributed by atoms with E-state index in [0.717, 1.165) is 13.0 Å². The summed E-state index contributed by atoms with van der Waals surface area (Å²) < 4.78 is 0. The van der Waals surface area contributed by atoms with E-state index in [1.54, 1.807) is 6.92 Å². The minimum Gasteiger partial charge on any atom is -0.379 e. The zero-order valence-electron chi connectivity index (χ0n) is 6.46. The fraction of sp³-hybridized carbons (Fsp3) is 1.00. The Labute approximate surface area is 75.2 Å². The van der Waals surface area contributed by atoms with Gasteiger partial charge in [-0.05, 0) is 19.9 Å². The number of rotatable bonds is 4. The second-order valence-electron chi connectivity index (χ2n) is 1.98. The molecule has 0 aliphatic heterocycles. The van der Waals surface area contributed by atoms with Gasteiger partial charge in [0.2, 0.25) is 0 Å². The van der Waals surface area contributed by atoms with Gasteiger partial charge in [-0.3, -0.25) is 5.32 Å². The molecule has 2 N–H and O–H groups in total. The zero-order valence-corrected chi connectivity index (χ0v) is 8.10. The molecule has 0 rings (SSSR count). The lowest BCUT2D eigenvalue weighted by Gasteiger charge is -2.04. The van der Waals surface area contributed by atoms with Crippen LogP contribution in [-0.2, 0) is 0 Å². The molecule has 66 valence electrons. The number of unbranched alkanes of at least 4 members (excludes halogenated alkanes) is 1. The lowest BCUT2D eigenvalue weighted by Crippen LogP contribution is -2.25. The van der Waals surface area contributed by atoms with Crippen LogP contribution in [-0.4, -0.2) is 17.9 Å². The quantitative estimate of drug-likeness (QED) is 0.520. The van der Waals surface area contributed by atoms with E-state index in [-0.39, 0.29) is 31.0 Å². The van der Waals surface area contributed by atoms with E-state index in [9.17, 15) is 0 Å². The van der Waals surface area contributed by atoms with Gasteiger partial charge in [0.1, 0.15) is 6.23 Å². The van der Waals surface area contributed by atoms with Gasteiger partial charge < -0.3 is 5.11 Å². The molecule has 0 aromatic carbocycles. The average Bonchev–Trinajstić information content (AvgIpc) is 1.66. The molecule has 1 atom stereocenters. The Morgan fingerprint density at radius 3 is 2.20 bits per heavy atom. The molecule has 0 fully saturated rings. The second-order valence-corrected chi connectivity index (χ2v) is 1.98. The summed E-state index contributed by atoms with van der Waals surface area (Å²) in [6, 6.07) is 0. The number of aliphatic hydroxyl groups excluding tert-OH is 1. The average molecular weight is 190 g/mol. The Hall–Kier alpha value is 0.500. The van der Waals surface area contributed by atoms with E-state index >= 15 is 0 Å². The van der Waals surface area contributed by atoms with Crippen molar-refractivity contribution in [1.29, 1.82) is 0 Å². The van der Waals surface area contributed by atoms with Crippen LogP contribution < -0.4 is 5.32 Å². The van der Waals surface area contributed by atoms with Gasteiger partial charge in [-0.25, -0.2) is 0 Å². The number of aliphatic hydroxyl groups is 1. The molecule has 10 heavy (non-hydrogen) atoms. The summed E-state index contributed by atoms with van der Waals surface area (Å²) in [5, 5.41) is 11.6. The summed E-state index contributed by atoms with van der Waals surface area (Å²) in [6.45, 7) is 4.79. The number of nitrogens with one attached hydrogen (secondary N) is 1. The topological polar surface area (TPSA) is 32.3 Å². The molecule has 0 saturated heterocycles. The van der Waals surface area contributed by atoms with Gasteiger partial charge in [-0.2, -0.15) is 0 Å². The summed E-state index contributed by atoms with van der Waals surface area (Å²) in [5.41, 5.74) is 0. The first-order chi connectivity index (χ1) is 3.77. The monoisotopic (exact) mass is 189 g/mol. The SMILES string of the molecule is CCCCNC(C)O.Cl.Cl. The van der Waals surface area contributed by atoms with E-state index in [4.69, 9.17) is 5.11 Å². The van der Waals surface area contributed by atoms with E-state index in [0.29, 0.717) is 0 Å². The molecule has 0 bridgehead atoms. The van der Waals surface area contributed by atoms with Crippen molar-refractivity contribution >= 4 is 24.8 Å². The molecule has 0 saturated carbocycles. The zero-order chi connectivity index (χ0) is 6.41. The second kappa shape index (κ2) is 12.2. The highest BCUT2D eigenvalue weighted by atomic mass is 35.5. The fourth-order valence-corrected chi connectivity index (χ4v) is 0.488. The first-order valence-corrected chi connectivity index (χ1v) is 3.18. The normalized spacial score (nSPS) is 11.1. The number of hydrogen-bond donors (Lipinski definition) is 2. The standard InChI is InChI=1S/C6H15NO.2ClH/c1-3-4-5-7-6(2)8;;/h6-8H,3-5H2,1-2H3;2*1H. The van der Waals surface area contributed by atoms with Crippen LogP contribution in [0.15, 0.2) is 0 Å². The molecule has 0 heterocycles. The van der Waals surface area contributed by atoms with E-state index in [1.807, 2.05) is 0 Å². The van der Waals surface area contributed by atoms with E-state index in [2.05, 4.69) is 12.2 Å². The van der Waals surface area contributed by atoms with Crippen molar-refractivity contribution in [3.8, 4) is 0 Å². The first-order valence-electron chi connectivity index (χ1n) is 3.18. The molecule has 0 amide bonds. The third-order valence-electron chi connectivity index (χ3n) is 0.970. The molecule has 0 aliphatic rings. The van der Waals surface area contributed by atoms with Gasteiger partial charge in [0, 0.05) is 0 Å². The molecule has 2 nitrogen and oxygen atoms in total. The highest BCUT2D eigenvalue weighted by Gasteiger charge is 1.88. The highest BCUT2D eigenvalue weighted by molar-refractivity contribution is 5.85. The molecule has 0 radical (unpaired) electrons. The Morgan fingerprint density at radius 1 is 1.40 bits per heavy atom. The molecule has 4 heteroatoms. The molecule has 0 aromatic heterocycles. The summed E-state index contributed by atoms with van der Waals surface area (Å²) in [4.78, 5) is 0. The number of hydrogen-bond acceptors (Lipinski definition) is 2. The van der Waals surface area contributed by atoms with Crippen molar-refractivity contribution in [3.63, 3.8) is 0 Å². The highest BCUT2D eigenvalue weighted by Crippen LogP contribution is 1.82. The van der Waals surface area contributed by atoms with Crippen LogP contribution in [0.1, 0.15) is 26.7 Å². The van der Waals surface area contributed by atoms with Crippen LogP contribution in [0, 0.1) is 0 Å². The van der Waals surface area contributed by atoms with Crippen LogP contribution >= 0.6 is 24.8 Å². The predicted octanol–water partition coefficient (Wildman–Crippen LogP) is 1.56. The van der Waals surface area contributed by atoms with Crippen molar-refractivity contribution < 1.29 is 5.11 Å². The summed E-state index contributed by atoms with van der Waals surface area (Å²) in [7, 11) is 0. The van der Waals surface area contributed by atoms with Gasteiger partial charge in [-0.1, -0.05) is 13.3 Å². The molecule has 0 aliphatic carbocycles. The summed E-state index contributed by atoms with van der Waals surface area (Å²) in [5.74, 6) is 0. The van der Waals surface area contributed by atoms with Gasteiger partial charge in [0.15, 0.2) is 0 Å².